The highest BCUT2D eigenvalue weighted by atomic mass is 79.9. The van der Waals surface area contributed by atoms with Gasteiger partial charge < -0.3 is 11.1 Å². The lowest BCUT2D eigenvalue weighted by Crippen LogP contribution is -2.46. The van der Waals surface area contributed by atoms with E-state index in [0.717, 1.165) is 42.1 Å². The SMILES string of the molecule is CC(N)CCNC(=O)C1(c2cccc(Br)c2)CCCCC1.Cl. The van der Waals surface area contributed by atoms with Gasteiger partial charge >= 0.3 is 0 Å². The monoisotopic (exact) mass is 388 g/mol. The predicted molar refractivity (Wildman–Crippen MR) is 97.4 cm³/mol. The van der Waals surface area contributed by atoms with E-state index in [-0.39, 0.29) is 29.8 Å². The van der Waals surface area contributed by atoms with Crippen LogP contribution in [0, 0.1) is 0 Å². The van der Waals surface area contributed by atoms with Gasteiger partial charge in [-0.2, -0.15) is 0 Å². The van der Waals surface area contributed by atoms with E-state index < -0.39 is 0 Å². The maximum Gasteiger partial charge on any atom is 0.230 e. The molecule has 0 heterocycles. The summed E-state index contributed by atoms with van der Waals surface area (Å²) in [4.78, 5) is 12.8. The molecule has 2 rings (SSSR count). The average molecular weight is 390 g/mol. The zero-order valence-corrected chi connectivity index (χ0v) is 15.5. The quantitative estimate of drug-likeness (QED) is 0.801. The Morgan fingerprint density at radius 2 is 2.05 bits per heavy atom. The van der Waals surface area contributed by atoms with Crippen molar-refractivity contribution >= 4 is 34.2 Å². The summed E-state index contributed by atoms with van der Waals surface area (Å²) in [7, 11) is 0. The number of carbonyl (C=O) groups is 1. The number of rotatable bonds is 5. The molecule has 22 heavy (non-hydrogen) atoms. The largest absolute Gasteiger partial charge is 0.355 e. The van der Waals surface area contributed by atoms with Crippen LogP contribution >= 0.6 is 28.3 Å². The Morgan fingerprint density at radius 1 is 1.36 bits per heavy atom. The Hall–Kier alpha value is -0.580. The molecule has 0 aliphatic heterocycles. The van der Waals surface area contributed by atoms with E-state index >= 15 is 0 Å². The Balaban J connectivity index is 0.00000242. The standard InChI is InChI=1S/C17H25BrN2O.ClH/c1-13(19)8-11-20-16(21)17(9-3-2-4-10-17)14-6-5-7-15(18)12-14;/h5-7,12-13H,2-4,8-11,19H2,1H3,(H,20,21);1H. The van der Waals surface area contributed by atoms with E-state index in [9.17, 15) is 4.79 Å². The summed E-state index contributed by atoms with van der Waals surface area (Å²) >= 11 is 3.53. The van der Waals surface area contributed by atoms with Gasteiger partial charge in [-0.05, 0) is 43.9 Å². The third-order valence-electron chi connectivity index (χ3n) is 4.40. The topological polar surface area (TPSA) is 55.1 Å². The minimum Gasteiger partial charge on any atom is -0.355 e. The molecule has 124 valence electrons. The van der Waals surface area contributed by atoms with Crippen molar-refractivity contribution in [1.82, 2.24) is 5.32 Å². The van der Waals surface area contributed by atoms with E-state index in [1.807, 2.05) is 19.1 Å². The van der Waals surface area contributed by atoms with Crippen molar-refractivity contribution in [2.45, 2.75) is 56.9 Å². The summed E-state index contributed by atoms with van der Waals surface area (Å²) in [6.45, 7) is 2.63. The molecule has 5 heteroatoms. The first-order valence-corrected chi connectivity index (χ1v) is 8.64. The fraction of sp³-hybridized carbons (Fsp3) is 0.588. The van der Waals surface area contributed by atoms with E-state index in [1.165, 1.54) is 6.42 Å². The summed E-state index contributed by atoms with van der Waals surface area (Å²) < 4.78 is 1.04. The molecule has 1 fully saturated rings. The molecule has 0 spiro atoms. The molecule has 1 aromatic rings. The van der Waals surface area contributed by atoms with Crippen molar-refractivity contribution < 1.29 is 4.79 Å². The molecule has 3 nitrogen and oxygen atoms in total. The van der Waals surface area contributed by atoms with Gasteiger partial charge in [0, 0.05) is 17.1 Å². The van der Waals surface area contributed by atoms with Crippen molar-refractivity contribution in [1.29, 1.82) is 0 Å². The molecule has 0 radical (unpaired) electrons. The maximum atomic E-state index is 12.8. The number of nitrogens with two attached hydrogens (primary N) is 1. The molecule has 0 saturated heterocycles. The number of amides is 1. The molecule has 1 atom stereocenters. The van der Waals surface area contributed by atoms with E-state index in [1.54, 1.807) is 0 Å². The van der Waals surface area contributed by atoms with Gasteiger partial charge in [-0.1, -0.05) is 47.3 Å². The summed E-state index contributed by atoms with van der Waals surface area (Å²) in [6, 6.07) is 8.33. The minimum atomic E-state index is -0.361. The van der Waals surface area contributed by atoms with Gasteiger partial charge in [0.15, 0.2) is 0 Å². The summed E-state index contributed by atoms with van der Waals surface area (Å²) in [5.74, 6) is 0.168. The molecule has 1 unspecified atom stereocenters. The first-order chi connectivity index (χ1) is 10.0. The smallest absolute Gasteiger partial charge is 0.230 e. The molecule has 0 aromatic heterocycles. The number of hydrogen-bond acceptors (Lipinski definition) is 2. The van der Waals surface area contributed by atoms with Gasteiger partial charge in [0.25, 0.3) is 0 Å². The van der Waals surface area contributed by atoms with Crippen molar-refractivity contribution in [2.75, 3.05) is 6.54 Å². The Morgan fingerprint density at radius 3 is 2.64 bits per heavy atom. The lowest BCUT2D eigenvalue weighted by molar-refractivity contribution is -0.128. The highest BCUT2D eigenvalue weighted by Crippen LogP contribution is 2.40. The average Bonchev–Trinajstić information content (AvgIpc) is 2.47. The number of hydrogen-bond donors (Lipinski definition) is 2. The minimum absolute atomic E-state index is 0. The van der Waals surface area contributed by atoms with Crippen LogP contribution in [0.3, 0.4) is 0 Å². The molecule has 0 bridgehead atoms. The van der Waals surface area contributed by atoms with Crippen LogP contribution in [0.25, 0.3) is 0 Å². The fourth-order valence-corrected chi connectivity index (χ4v) is 3.57. The van der Waals surface area contributed by atoms with Crippen molar-refractivity contribution in [3.63, 3.8) is 0 Å². The zero-order valence-electron chi connectivity index (χ0n) is 13.1. The van der Waals surface area contributed by atoms with Crippen LogP contribution in [0.5, 0.6) is 0 Å². The van der Waals surface area contributed by atoms with Crippen LogP contribution in [0.2, 0.25) is 0 Å². The molecule has 1 saturated carbocycles. The molecular weight excluding hydrogens is 364 g/mol. The molecule has 1 aromatic carbocycles. The third-order valence-corrected chi connectivity index (χ3v) is 4.90. The van der Waals surface area contributed by atoms with Gasteiger partial charge in [-0.3, -0.25) is 4.79 Å². The normalized spacial score (nSPS) is 18.1. The number of halogens is 2. The summed E-state index contributed by atoms with van der Waals surface area (Å²) in [6.07, 6.45) is 6.16. The lowest BCUT2D eigenvalue weighted by atomic mass is 9.68. The Labute approximate surface area is 148 Å². The molecule has 1 aliphatic carbocycles. The molecular formula is C17H26BrClN2O. The van der Waals surface area contributed by atoms with Gasteiger partial charge in [0.2, 0.25) is 5.91 Å². The molecule has 1 aliphatic rings. The summed E-state index contributed by atoms with van der Waals surface area (Å²) in [5.41, 5.74) is 6.54. The second-order valence-electron chi connectivity index (χ2n) is 6.17. The van der Waals surface area contributed by atoms with Gasteiger partial charge in [0.05, 0.1) is 5.41 Å². The van der Waals surface area contributed by atoms with Crippen LogP contribution in [-0.2, 0) is 10.2 Å². The number of nitrogens with one attached hydrogen (secondary N) is 1. The van der Waals surface area contributed by atoms with E-state index in [0.29, 0.717) is 6.54 Å². The highest BCUT2D eigenvalue weighted by Gasteiger charge is 2.40. The van der Waals surface area contributed by atoms with Crippen LogP contribution in [0.15, 0.2) is 28.7 Å². The van der Waals surface area contributed by atoms with Crippen LogP contribution in [0.4, 0.5) is 0 Å². The summed E-state index contributed by atoms with van der Waals surface area (Å²) in [5, 5.41) is 3.11. The van der Waals surface area contributed by atoms with Crippen LogP contribution in [-0.4, -0.2) is 18.5 Å². The van der Waals surface area contributed by atoms with E-state index in [4.69, 9.17) is 5.73 Å². The zero-order chi connectivity index (χ0) is 15.3. The number of carbonyl (C=O) groups excluding carboxylic acids is 1. The van der Waals surface area contributed by atoms with Crippen molar-refractivity contribution in [3.05, 3.63) is 34.3 Å². The van der Waals surface area contributed by atoms with Gasteiger partial charge in [-0.15, -0.1) is 12.4 Å². The van der Waals surface area contributed by atoms with Gasteiger partial charge in [0.1, 0.15) is 0 Å². The number of benzene rings is 1. The Kier molecular flexibility index (Phi) is 7.87. The second-order valence-corrected chi connectivity index (χ2v) is 7.09. The van der Waals surface area contributed by atoms with Crippen LogP contribution < -0.4 is 11.1 Å². The lowest BCUT2D eigenvalue weighted by Gasteiger charge is -2.36. The van der Waals surface area contributed by atoms with E-state index in [2.05, 4.69) is 33.4 Å². The first kappa shape index (κ1) is 19.5. The maximum absolute atomic E-state index is 12.8. The first-order valence-electron chi connectivity index (χ1n) is 7.84. The highest BCUT2D eigenvalue weighted by molar-refractivity contribution is 9.10. The fourth-order valence-electron chi connectivity index (χ4n) is 3.17. The predicted octanol–water partition coefficient (Wildman–Crippen LogP) is 3.93. The van der Waals surface area contributed by atoms with Crippen LogP contribution in [0.1, 0.15) is 51.0 Å². The third kappa shape index (κ3) is 4.71. The van der Waals surface area contributed by atoms with Gasteiger partial charge in [-0.25, -0.2) is 0 Å². The molecule has 3 N–H and O–H groups in total. The van der Waals surface area contributed by atoms with Crippen molar-refractivity contribution in [2.24, 2.45) is 5.73 Å². The molecule has 1 amide bonds. The Bertz CT molecular complexity index is 487. The second kappa shape index (κ2) is 8.90. The van der Waals surface area contributed by atoms with Crippen molar-refractivity contribution in [3.8, 4) is 0 Å².